The minimum absolute atomic E-state index is 0.410. The van der Waals surface area contributed by atoms with Crippen LogP contribution in [0.3, 0.4) is 0 Å². The van der Waals surface area contributed by atoms with Crippen LogP contribution in [0.15, 0.2) is 12.1 Å². The first-order chi connectivity index (χ1) is 10.4. The van der Waals surface area contributed by atoms with E-state index in [0.29, 0.717) is 31.6 Å². The van der Waals surface area contributed by atoms with Gasteiger partial charge in [0.1, 0.15) is 0 Å². The molecule has 4 heteroatoms. The van der Waals surface area contributed by atoms with E-state index in [1.165, 1.54) is 9.75 Å². The molecular weight excluding hydrogens is 294 g/mol. The maximum absolute atomic E-state index is 10.2. The highest BCUT2D eigenvalue weighted by Crippen LogP contribution is 2.18. The molecule has 1 N–H and O–H groups in total. The number of thiophene rings is 1. The predicted octanol–water partition coefficient (Wildman–Crippen LogP) is 3.94. The molecule has 1 rings (SSSR count). The van der Waals surface area contributed by atoms with Crippen molar-refractivity contribution in [3.8, 4) is 0 Å². The molecule has 0 aliphatic heterocycles. The van der Waals surface area contributed by atoms with Crippen molar-refractivity contribution in [2.45, 2.75) is 53.7 Å². The summed E-state index contributed by atoms with van der Waals surface area (Å²) in [5, 5.41) is 10.2. The number of aliphatic hydroxyl groups is 1. The Morgan fingerprint density at radius 2 is 1.86 bits per heavy atom. The van der Waals surface area contributed by atoms with Gasteiger partial charge >= 0.3 is 0 Å². The van der Waals surface area contributed by atoms with Crippen LogP contribution < -0.4 is 0 Å². The first-order valence-corrected chi connectivity index (χ1v) is 9.22. The SMILES string of the molecule is Cc1ccc(CN(CCC(C)C)C[C@H](O)COCC(C)C)s1. The van der Waals surface area contributed by atoms with Gasteiger partial charge in [-0.3, -0.25) is 4.90 Å². The van der Waals surface area contributed by atoms with Gasteiger partial charge in [0.05, 0.1) is 12.7 Å². The Balaban J connectivity index is 2.46. The molecule has 0 bridgehead atoms. The fourth-order valence-corrected chi connectivity index (χ4v) is 3.19. The highest BCUT2D eigenvalue weighted by Gasteiger charge is 2.14. The summed E-state index contributed by atoms with van der Waals surface area (Å²) in [6, 6.07) is 4.37. The van der Waals surface area contributed by atoms with Crippen LogP contribution in [0, 0.1) is 18.8 Å². The smallest absolute Gasteiger partial charge is 0.0900 e. The van der Waals surface area contributed by atoms with E-state index in [1.807, 2.05) is 11.3 Å². The first-order valence-electron chi connectivity index (χ1n) is 8.40. The van der Waals surface area contributed by atoms with Gasteiger partial charge in [-0.2, -0.15) is 0 Å². The van der Waals surface area contributed by atoms with Crippen molar-refractivity contribution in [3.63, 3.8) is 0 Å². The van der Waals surface area contributed by atoms with Crippen LogP contribution in [-0.4, -0.2) is 42.4 Å². The van der Waals surface area contributed by atoms with E-state index in [0.717, 1.165) is 19.5 Å². The minimum atomic E-state index is -0.410. The Hall–Kier alpha value is -0.420. The molecule has 1 heterocycles. The summed E-state index contributed by atoms with van der Waals surface area (Å²) in [6.45, 7) is 14.7. The molecule has 1 aromatic heterocycles. The topological polar surface area (TPSA) is 32.7 Å². The van der Waals surface area contributed by atoms with E-state index >= 15 is 0 Å². The zero-order valence-electron chi connectivity index (χ0n) is 14.8. The fourth-order valence-electron chi connectivity index (χ4n) is 2.26. The molecule has 1 atom stereocenters. The van der Waals surface area contributed by atoms with Crippen LogP contribution in [0.4, 0.5) is 0 Å². The third kappa shape index (κ3) is 8.89. The summed E-state index contributed by atoms with van der Waals surface area (Å²) in [7, 11) is 0. The van der Waals surface area contributed by atoms with Crippen molar-refractivity contribution in [1.29, 1.82) is 0 Å². The highest BCUT2D eigenvalue weighted by atomic mass is 32.1. The number of hydrogen-bond acceptors (Lipinski definition) is 4. The number of aliphatic hydroxyl groups excluding tert-OH is 1. The maximum Gasteiger partial charge on any atom is 0.0900 e. The van der Waals surface area contributed by atoms with E-state index < -0.39 is 6.10 Å². The Labute approximate surface area is 140 Å². The van der Waals surface area contributed by atoms with Gasteiger partial charge in [-0.15, -0.1) is 11.3 Å². The fraction of sp³-hybridized carbons (Fsp3) is 0.778. The molecule has 3 nitrogen and oxygen atoms in total. The molecule has 0 saturated heterocycles. The van der Waals surface area contributed by atoms with Gasteiger partial charge in [0.2, 0.25) is 0 Å². The van der Waals surface area contributed by atoms with E-state index in [9.17, 15) is 5.11 Å². The van der Waals surface area contributed by atoms with Crippen LogP contribution in [0.25, 0.3) is 0 Å². The number of rotatable bonds is 11. The zero-order chi connectivity index (χ0) is 16.5. The molecule has 0 saturated carbocycles. The number of nitrogens with zero attached hydrogens (tertiary/aromatic N) is 1. The Morgan fingerprint density at radius 3 is 2.41 bits per heavy atom. The van der Waals surface area contributed by atoms with Crippen molar-refractivity contribution in [2.75, 3.05) is 26.3 Å². The zero-order valence-corrected chi connectivity index (χ0v) is 15.7. The molecule has 0 amide bonds. The molecule has 128 valence electrons. The molecule has 0 aromatic carbocycles. The van der Waals surface area contributed by atoms with Gasteiger partial charge in [0.25, 0.3) is 0 Å². The number of ether oxygens (including phenoxy) is 1. The summed E-state index contributed by atoms with van der Waals surface area (Å²) in [5.41, 5.74) is 0. The molecule has 0 radical (unpaired) electrons. The van der Waals surface area contributed by atoms with Crippen molar-refractivity contribution in [2.24, 2.45) is 11.8 Å². The lowest BCUT2D eigenvalue weighted by Crippen LogP contribution is -2.35. The molecule has 0 unspecified atom stereocenters. The van der Waals surface area contributed by atoms with Crippen molar-refractivity contribution < 1.29 is 9.84 Å². The standard InChI is InChI=1S/C18H33NO2S/c1-14(2)8-9-19(11-18-7-6-16(5)22-18)10-17(20)13-21-12-15(3)4/h6-7,14-15,17,20H,8-13H2,1-5H3/t17-/m0/s1. The van der Waals surface area contributed by atoms with Gasteiger partial charge in [-0.25, -0.2) is 0 Å². The van der Waals surface area contributed by atoms with Crippen LogP contribution in [0.5, 0.6) is 0 Å². The van der Waals surface area contributed by atoms with Crippen LogP contribution in [-0.2, 0) is 11.3 Å². The average Bonchev–Trinajstić information content (AvgIpc) is 2.81. The van der Waals surface area contributed by atoms with Crippen LogP contribution >= 0.6 is 11.3 Å². The molecule has 0 aliphatic carbocycles. The van der Waals surface area contributed by atoms with Gasteiger partial charge < -0.3 is 9.84 Å². The van der Waals surface area contributed by atoms with Crippen molar-refractivity contribution in [1.82, 2.24) is 4.90 Å². The molecule has 0 aliphatic rings. The van der Waals surface area contributed by atoms with Gasteiger partial charge in [0.15, 0.2) is 0 Å². The lowest BCUT2D eigenvalue weighted by atomic mass is 10.1. The summed E-state index contributed by atoms with van der Waals surface area (Å²) in [6.07, 6.45) is 0.746. The third-order valence-electron chi connectivity index (χ3n) is 3.43. The number of aryl methyl sites for hydroxylation is 1. The molecule has 0 fully saturated rings. The molecule has 1 aromatic rings. The van der Waals surface area contributed by atoms with Crippen molar-refractivity contribution >= 4 is 11.3 Å². The molecular formula is C18H33NO2S. The first kappa shape index (κ1) is 19.6. The quantitative estimate of drug-likeness (QED) is 0.668. The Morgan fingerprint density at radius 1 is 1.14 bits per heavy atom. The second-order valence-electron chi connectivity index (χ2n) is 7.02. The average molecular weight is 328 g/mol. The van der Waals surface area contributed by atoms with E-state index in [1.54, 1.807) is 0 Å². The van der Waals surface area contributed by atoms with Gasteiger partial charge in [0, 0.05) is 29.5 Å². The maximum atomic E-state index is 10.2. The summed E-state index contributed by atoms with van der Waals surface area (Å²) >= 11 is 1.84. The normalized spacial score (nSPS) is 13.5. The second-order valence-corrected chi connectivity index (χ2v) is 8.39. The molecule has 0 spiro atoms. The summed E-state index contributed by atoms with van der Waals surface area (Å²) < 4.78 is 5.56. The van der Waals surface area contributed by atoms with Gasteiger partial charge in [-0.05, 0) is 43.9 Å². The van der Waals surface area contributed by atoms with Crippen LogP contribution in [0.2, 0.25) is 0 Å². The van der Waals surface area contributed by atoms with E-state index in [-0.39, 0.29) is 0 Å². The molecule has 22 heavy (non-hydrogen) atoms. The summed E-state index contributed by atoms with van der Waals surface area (Å²) in [5.74, 6) is 1.19. The van der Waals surface area contributed by atoms with Gasteiger partial charge in [-0.1, -0.05) is 27.7 Å². The van der Waals surface area contributed by atoms with Crippen LogP contribution in [0.1, 0.15) is 43.9 Å². The Bertz CT molecular complexity index is 404. The van der Waals surface area contributed by atoms with E-state index in [2.05, 4.69) is 51.7 Å². The van der Waals surface area contributed by atoms with Crippen molar-refractivity contribution in [3.05, 3.63) is 21.9 Å². The predicted molar refractivity (Wildman–Crippen MR) is 95.5 cm³/mol. The second kappa shape index (κ2) is 10.4. The lowest BCUT2D eigenvalue weighted by Gasteiger charge is -2.25. The summed E-state index contributed by atoms with van der Waals surface area (Å²) in [4.78, 5) is 5.07. The lowest BCUT2D eigenvalue weighted by molar-refractivity contribution is 0.00643. The third-order valence-corrected chi connectivity index (χ3v) is 4.41. The minimum Gasteiger partial charge on any atom is -0.389 e. The monoisotopic (exact) mass is 327 g/mol. The Kier molecular flexibility index (Phi) is 9.25. The van der Waals surface area contributed by atoms with E-state index in [4.69, 9.17) is 4.74 Å². The highest BCUT2D eigenvalue weighted by molar-refractivity contribution is 7.11. The largest absolute Gasteiger partial charge is 0.389 e. The number of hydrogen-bond donors (Lipinski definition) is 1.